The second-order valence-corrected chi connectivity index (χ2v) is 18.5. The molecular weight excluding hydrogens is 781 g/mol. The molecule has 1 atom stereocenters. The second-order valence-electron chi connectivity index (χ2n) is 18.5. The van der Waals surface area contributed by atoms with Crippen LogP contribution in [0.15, 0.2) is 36.5 Å². The Morgan fingerprint density at radius 2 is 0.571 bits per heavy atom. The summed E-state index contributed by atoms with van der Waals surface area (Å²) in [6.45, 7) is 6.62. The van der Waals surface area contributed by atoms with E-state index in [-0.39, 0.29) is 31.1 Å². The molecule has 0 heterocycles. The summed E-state index contributed by atoms with van der Waals surface area (Å²) < 4.78 is 16.8. The van der Waals surface area contributed by atoms with E-state index in [0.717, 1.165) is 77.0 Å². The number of hydrogen-bond donors (Lipinski definition) is 0. The molecule has 0 bridgehead atoms. The van der Waals surface area contributed by atoms with Crippen molar-refractivity contribution in [3.05, 3.63) is 36.5 Å². The van der Waals surface area contributed by atoms with Gasteiger partial charge in [-0.05, 0) is 77.0 Å². The van der Waals surface area contributed by atoms with Gasteiger partial charge in [-0.3, -0.25) is 14.4 Å². The molecule has 0 amide bonds. The average molecular weight is 885 g/mol. The third-order valence-electron chi connectivity index (χ3n) is 12.1. The van der Waals surface area contributed by atoms with Crippen molar-refractivity contribution in [2.75, 3.05) is 13.2 Å². The van der Waals surface area contributed by atoms with Gasteiger partial charge in [-0.2, -0.15) is 0 Å². The van der Waals surface area contributed by atoms with Crippen LogP contribution >= 0.6 is 0 Å². The van der Waals surface area contributed by atoms with Crippen LogP contribution < -0.4 is 0 Å². The Labute approximate surface area is 391 Å². The van der Waals surface area contributed by atoms with Crippen molar-refractivity contribution in [3.8, 4) is 0 Å². The van der Waals surface area contributed by atoms with Crippen molar-refractivity contribution in [2.45, 2.75) is 297 Å². The minimum absolute atomic E-state index is 0.0758. The molecule has 0 fully saturated rings. The molecule has 0 aromatic carbocycles. The van der Waals surface area contributed by atoms with Crippen molar-refractivity contribution < 1.29 is 28.6 Å². The maximum atomic E-state index is 12.8. The van der Waals surface area contributed by atoms with Crippen molar-refractivity contribution >= 4 is 17.9 Å². The van der Waals surface area contributed by atoms with E-state index >= 15 is 0 Å². The monoisotopic (exact) mass is 885 g/mol. The first-order valence-electron chi connectivity index (χ1n) is 27.5. The maximum absolute atomic E-state index is 12.8. The van der Waals surface area contributed by atoms with Crippen LogP contribution in [0, 0.1) is 0 Å². The van der Waals surface area contributed by atoms with Gasteiger partial charge in [0.25, 0.3) is 0 Å². The van der Waals surface area contributed by atoms with Gasteiger partial charge in [-0.25, -0.2) is 0 Å². The molecule has 0 aliphatic heterocycles. The van der Waals surface area contributed by atoms with E-state index < -0.39 is 6.10 Å². The molecular formula is C57H104O6. The van der Waals surface area contributed by atoms with Gasteiger partial charge in [0.2, 0.25) is 0 Å². The number of carbonyl (C=O) groups is 3. The summed E-state index contributed by atoms with van der Waals surface area (Å²) in [6.07, 6.45) is 61.2. The predicted octanol–water partition coefficient (Wildman–Crippen LogP) is 18.1. The summed E-state index contributed by atoms with van der Waals surface area (Å²) in [7, 11) is 0. The molecule has 6 heteroatoms. The molecule has 0 aromatic rings. The van der Waals surface area contributed by atoms with Crippen LogP contribution in [0.25, 0.3) is 0 Å². The van der Waals surface area contributed by atoms with Crippen LogP contribution in [-0.2, 0) is 28.6 Å². The number of allylic oxidation sites excluding steroid dienone is 6. The van der Waals surface area contributed by atoms with Gasteiger partial charge in [-0.15, -0.1) is 0 Å². The predicted molar refractivity (Wildman–Crippen MR) is 270 cm³/mol. The highest BCUT2D eigenvalue weighted by Gasteiger charge is 2.19. The Balaban J connectivity index is 4.37. The van der Waals surface area contributed by atoms with E-state index in [1.807, 2.05) is 0 Å². The molecule has 0 saturated carbocycles. The number of rotatable bonds is 50. The maximum Gasteiger partial charge on any atom is 0.306 e. The number of hydrogen-bond acceptors (Lipinski definition) is 6. The fourth-order valence-electron chi connectivity index (χ4n) is 7.94. The molecule has 6 nitrogen and oxygen atoms in total. The highest BCUT2D eigenvalue weighted by atomic mass is 16.6. The summed E-state index contributed by atoms with van der Waals surface area (Å²) in [5.74, 6) is -0.880. The summed E-state index contributed by atoms with van der Waals surface area (Å²) in [5, 5.41) is 0. The zero-order valence-electron chi connectivity index (χ0n) is 42.1. The van der Waals surface area contributed by atoms with Gasteiger partial charge in [-0.1, -0.05) is 231 Å². The lowest BCUT2D eigenvalue weighted by Gasteiger charge is -2.18. The minimum atomic E-state index is -0.776. The van der Waals surface area contributed by atoms with Gasteiger partial charge in [0.15, 0.2) is 6.10 Å². The average Bonchev–Trinajstić information content (AvgIpc) is 3.28. The normalized spacial score (nSPS) is 12.2. The summed E-state index contributed by atoms with van der Waals surface area (Å²) >= 11 is 0. The zero-order valence-corrected chi connectivity index (χ0v) is 42.1. The minimum Gasteiger partial charge on any atom is -0.462 e. The van der Waals surface area contributed by atoms with E-state index in [2.05, 4.69) is 57.2 Å². The smallest absolute Gasteiger partial charge is 0.306 e. The standard InChI is InChI=1S/C57H104O6/c1-4-7-10-13-16-19-22-25-28-31-34-37-40-43-46-49-55(58)61-52-54(63-57(60)51-48-45-42-39-36-33-30-27-24-21-18-15-12-9-6-3)53-62-56(59)50-47-44-41-38-35-32-29-26-23-20-17-14-11-8-5-2/h16,19-20,23,25,28,54H,4-15,17-18,21-22,24,26-27,29-53H2,1-3H3/t54-/m0/s1. The lowest BCUT2D eigenvalue weighted by Crippen LogP contribution is -2.30. The van der Waals surface area contributed by atoms with Crippen LogP contribution in [-0.4, -0.2) is 37.2 Å². The first kappa shape index (κ1) is 60.6. The molecule has 0 aliphatic rings. The van der Waals surface area contributed by atoms with Crippen molar-refractivity contribution in [3.63, 3.8) is 0 Å². The lowest BCUT2D eigenvalue weighted by molar-refractivity contribution is -0.167. The zero-order chi connectivity index (χ0) is 45.8. The SMILES string of the molecule is CCCCCC=CCC=CCCCCCCCC(=O)OC[C@@H](COC(=O)CCCCCCCCCC=CCCCCCC)OC(=O)CCCCCCCCCCCCCCCCC. The Morgan fingerprint density at radius 3 is 0.937 bits per heavy atom. The molecule has 0 spiro atoms. The molecule has 0 unspecified atom stereocenters. The lowest BCUT2D eigenvalue weighted by atomic mass is 10.0. The number of ether oxygens (including phenoxy) is 3. The topological polar surface area (TPSA) is 78.9 Å². The molecule has 0 saturated heterocycles. The van der Waals surface area contributed by atoms with Crippen molar-refractivity contribution in [1.82, 2.24) is 0 Å². The van der Waals surface area contributed by atoms with Crippen LogP contribution in [0.3, 0.4) is 0 Å². The van der Waals surface area contributed by atoms with Gasteiger partial charge in [0.1, 0.15) is 13.2 Å². The Kier molecular flexibility index (Phi) is 50.3. The van der Waals surface area contributed by atoms with Gasteiger partial charge >= 0.3 is 17.9 Å². The Morgan fingerprint density at radius 1 is 0.317 bits per heavy atom. The first-order valence-corrected chi connectivity index (χ1v) is 27.5. The largest absolute Gasteiger partial charge is 0.462 e. The summed E-state index contributed by atoms with van der Waals surface area (Å²) in [6, 6.07) is 0. The molecule has 63 heavy (non-hydrogen) atoms. The van der Waals surface area contributed by atoms with Crippen LogP contribution in [0.1, 0.15) is 290 Å². The summed E-state index contributed by atoms with van der Waals surface area (Å²) in [4.78, 5) is 38.1. The molecule has 368 valence electrons. The first-order chi connectivity index (χ1) is 31.0. The van der Waals surface area contributed by atoms with Gasteiger partial charge in [0, 0.05) is 19.3 Å². The highest BCUT2D eigenvalue weighted by molar-refractivity contribution is 5.71. The van der Waals surface area contributed by atoms with E-state index in [0.29, 0.717) is 19.3 Å². The van der Waals surface area contributed by atoms with Crippen molar-refractivity contribution in [2.24, 2.45) is 0 Å². The Bertz CT molecular complexity index is 1060. The quantitative estimate of drug-likeness (QED) is 0.0262. The van der Waals surface area contributed by atoms with Gasteiger partial charge < -0.3 is 14.2 Å². The van der Waals surface area contributed by atoms with E-state index in [1.54, 1.807) is 0 Å². The molecule has 0 rings (SSSR count). The van der Waals surface area contributed by atoms with Gasteiger partial charge in [0.05, 0.1) is 0 Å². The van der Waals surface area contributed by atoms with Crippen molar-refractivity contribution in [1.29, 1.82) is 0 Å². The Hall–Kier alpha value is -2.37. The number of unbranched alkanes of at least 4 members (excludes halogenated alkanes) is 33. The summed E-state index contributed by atoms with van der Waals surface area (Å²) in [5.41, 5.74) is 0. The van der Waals surface area contributed by atoms with E-state index in [4.69, 9.17) is 14.2 Å². The van der Waals surface area contributed by atoms with E-state index in [1.165, 1.54) is 173 Å². The van der Waals surface area contributed by atoms with Crippen LogP contribution in [0.2, 0.25) is 0 Å². The number of carbonyl (C=O) groups excluding carboxylic acids is 3. The second kappa shape index (κ2) is 52.3. The number of esters is 3. The van der Waals surface area contributed by atoms with E-state index in [9.17, 15) is 14.4 Å². The molecule has 0 N–H and O–H groups in total. The molecule has 0 aliphatic carbocycles. The van der Waals surface area contributed by atoms with Crippen LogP contribution in [0.4, 0.5) is 0 Å². The fraction of sp³-hybridized carbons (Fsp3) is 0.842. The molecule has 0 aromatic heterocycles. The third kappa shape index (κ3) is 50.5. The molecule has 0 radical (unpaired) electrons. The highest BCUT2D eigenvalue weighted by Crippen LogP contribution is 2.16. The third-order valence-corrected chi connectivity index (χ3v) is 12.1. The fourth-order valence-corrected chi connectivity index (χ4v) is 7.94. The van der Waals surface area contributed by atoms with Crippen LogP contribution in [0.5, 0.6) is 0 Å².